The van der Waals surface area contributed by atoms with Crippen molar-refractivity contribution in [3.63, 3.8) is 0 Å². The molecule has 1 aliphatic rings. The molecule has 3 atom stereocenters. The first-order valence-electron chi connectivity index (χ1n) is 7.88. The highest BCUT2D eigenvalue weighted by atomic mass is 79.9. The molecule has 0 saturated heterocycles. The van der Waals surface area contributed by atoms with E-state index in [1.54, 1.807) is 7.11 Å². The Balaban J connectivity index is 2.21. The molecule has 1 fully saturated rings. The quantitative estimate of drug-likeness (QED) is 0.876. The van der Waals surface area contributed by atoms with E-state index < -0.39 is 11.7 Å². The molecule has 1 aliphatic carbocycles. The molecule has 0 aliphatic heterocycles. The molecular formula is C16H27BrN2O2. The predicted octanol–water partition coefficient (Wildman–Crippen LogP) is 3.47. The summed E-state index contributed by atoms with van der Waals surface area (Å²) >= 11 is 3.61. The van der Waals surface area contributed by atoms with E-state index in [4.69, 9.17) is 4.74 Å². The van der Waals surface area contributed by atoms with E-state index in [1.165, 1.54) is 6.42 Å². The highest BCUT2D eigenvalue weighted by molar-refractivity contribution is 9.10. The van der Waals surface area contributed by atoms with Crippen LogP contribution in [0.1, 0.15) is 50.9 Å². The van der Waals surface area contributed by atoms with E-state index >= 15 is 0 Å². The van der Waals surface area contributed by atoms with Crippen molar-refractivity contribution >= 4 is 15.9 Å². The SMILES string of the molecule is CCn1nc(C)c(Br)c1CC(O)C1(OC)CCCC(C)C1. The van der Waals surface area contributed by atoms with Crippen molar-refractivity contribution in [3.05, 3.63) is 15.9 Å². The molecule has 21 heavy (non-hydrogen) atoms. The summed E-state index contributed by atoms with van der Waals surface area (Å²) in [5.74, 6) is 0.606. The van der Waals surface area contributed by atoms with E-state index in [0.717, 1.165) is 41.7 Å². The van der Waals surface area contributed by atoms with Crippen molar-refractivity contribution in [1.29, 1.82) is 0 Å². The molecule has 4 nitrogen and oxygen atoms in total. The fourth-order valence-corrected chi connectivity index (χ4v) is 4.05. The molecule has 0 spiro atoms. The maximum atomic E-state index is 10.9. The lowest BCUT2D eigenvalue weighted by atomic mass is 9.74. The largest absolute Gasteiger partial charge is 0.390 e. The highest BCUT2D eigenvalue weighted by Gasteiger charge is 2.42. The number of aryl methyl sites for hydroxylation is 2. The number of nitrogens with zero attached hydrogens (tertiary/aromatic N) is 2. The Morgan fingerprint density at radius 3 is 2.86 bits per heavy atom. The van der Waals surface area contributed by atoms with Gasteiger partial charge in [-0.15, -0.1) is 0 Å². The van der Waals surface area contributed by atoms with Gasteiger partial charge in [0.15, 0.2) is 0 Å². The van der Waals surface area contributed by atoms with E-state index in [-0.39, 0.29) is 0 Å². The second-order valence-corrected chi connectivity index (χ2v) is 7.15. The number of ether oxygens (including phenoxy) is 1. The van der Waals surface area contributed by atoms with Gasteiger partial charge in [0.05, 0.1) is 27.6 Å². The summed E-state index contributed by atoms with van der Waals surface area (Å²) in [4.78, 5) is 0. The van der Waals surface area contributed by atoms with Crippen molar-refractivity contribution in [2.45, 2.75) is 71.1 Å². The molecule has 1 aromatic heterocycles. The molecule has 0 aromatic carbocycles. The van der Waals surface area contributed by atoms with Crippen molar-refractivity contribution in [1.82, 2.24) is 9.78 Å². The van der Waals surface area contributed by atoms with Crippen molar-refractivity contribution < 1.29 is 9.84 Å². The molecule has 0 bridgehead atoms. The summed E-state index contributed by atoms with van der Waals surface area (Å²) in [6.45, 7) is 7.12. The summed E-state index contributed by atoms with van der Waals surface area (Å²) in [5, 5.41) is 15.4. The first kappa shape index (κ1) is 17.0. The number of halogens is 1. The van der Waals surface area contributed by atoms with E-state index in [9.17, 15) is 5.11 Å². The average molecular weight is 359 g/mol. The highest BCUT2D eigenvalue weighted by Crippen LogP contribution is 2.39. The Morgan fingerprint density at radius 2 is 2.29 bits per heavy atom. The summed E-state index contributed by atoms with van der Waals surface area (Å²) in [5.41, 5.74) is 1.63. The van der Waals surface area contributed by atoms with Gasteiger partial charge in [-0.2, -0.15) is 5.10 Å². The molecule has 0 amide bonds. The van der Waals surface area contributed by atoms with Gasteiger partial charge in [-0.05, 0) is 48.5 Å². The van der Waals surface area contributed by atoms with E-state index in [2.05, 4.69) is 34.9 Å². The van der Waals surface area contributed by atoms with Crippen LogP contribution in [0, 0.1) is 12.8 Å². The van der Waals surface area contributed by atoms with Gasteiger partial charge in [0.1, 0.15) is 0 Å². The van der Waals surface area contributed by atoms with Gasteiger partial charge in [-0.1, -0.05) is 19.8 Å². The molecule has 1 N–H and O–H groups in total. The van der Waals surface area contributed by atoms with Gasteiger partial charge >= 0.3 is 0 Å². The van der Waals surface area contributed by atoms with Crippen LogP contribution in [0.2, 0.25) is 0 Å². The monoisotopic (exact) mass is 358 g/mol. The number of hydrogen-bond acceptors (Lipinski definition) is 3. The number of rotatable bonds is 5. The Hall–Kier alpha value is -0.390. The topological polar surface area (TPSA) is 47.3 Å². The van der Waals surface area contributed by atoms with Crippen LogP contribution in [0.4, 0.5) is 0 Å². The Kier molecular flexibility index (Phi) is 5.49. The number of aliphatic hydroxyl groups is 1. The molecule has 0 radical (unpaired) electrons. The molecule has 1 saturated carbocycles. The normalized spacial score (nSPS) is 27.8. The van der Waals surface area contributed by atoms with Gasteiger partial charge in [0.2, 0.25) is 0 Å². The number of aliphatic hydroxyl groups excluding tert-OH is 1. The smallest absolute Gasteiger partial charge is 0.0942 e. The third-order valence-corrected chi connectivity index (χ3v) is 5.88. The third kappa shape index (κ3) is 3.35. The standard InChI is InChI=1S/C16H27BrN2O2/c1-5-19-13(15(17)12(3)18-19)9-14(20)16(21-4)8-6-7-11(2)10-16/h11,14,20H,5-10H2,1-4H3. The zero-order valence-electron chi connectivity index (χ0n) is 13.5. The molecule has 2 rings (SSSR count). The predicted molar refractivity (Wildman–Crippen MR) is 87.4 cm³/mol. The summed E-state index contributed by atoms with van der Waals surface area (Å²) in [6.07, 6.45) is 4.30. The number of hydrogen-bond donors (Lipinski definition) is 1. The molecule has 5 heteroatoms. The molecule has 1 aromatic rings. The van der Waals surface area contributed by atoms with Crippen LogP contribution in [-0.2, 0) is 17.7 Å². The minimum atomic E-state index is -0.497. The van der Waals surface area contributed by atoms with Crippen LogP contribution in [0.25, 0.3) is 0 Å². The lowest BCUT2D eigenvalue weighted by molar-refractivity contribution is -0.131. The van der Waals surface area contributed by atoms with Crippen molar-refractivity contribution in [3.8, 4) is 0 Å². The first-order chi connectivity index (χ1) is 9.93. The lowest BCUT2D eigenvalue weighted by Crippen LogP contribution is -2.48. The minimum Gasteiger partial charge on any atom is -0.390 e. The Bertz CT molecular complexity index is 489. The van der Waals surface area contributed by atoms with Crippen LogP contribution in [0.3, 0.4) is 0 Å². The molecule has 1 heterocycles. The van der Waals surface area contributed by atoms with Gasteiger partial charge in [0.25, 0.3) is 0 Å². The maximum absolute atomic E-state index is 10.9. The fraction of sp³-hybridized carbons (Fsp3) is 0.812. The van der Waals surface area contributed by atoms with E-state index in [1.807, 2.05) is 11.6 Å². The van der Waals surface area contributed by atoms with E-state index in [0.29, 0.717) is 12.3 Å². The molecule has 3 unspecified atom stereocenters. The van der Waals surface area contributed by atoms with Crippen LogP contribution < -0.4 is 0 Å². The fourth-order valence-electron chi connectivity index (χ4n) is 3.60. The Labute approximate surface area is 136 Å². The zero-order chi connectivity index (χ0) is 15.6. The van der Waals surface area contributed by atoms with Gasteiger partial charge in [-0.3, -0.25) is 4.68 Å². The Morgan fingerprint density at radius 1 is 1.57 bits per heavy atom. The maximum Gasteiger partial charge on any atom is 0.0942 e. The molecular weight excluding hydrogens is 332 g/mol. The van der Waals surface area contributed by atoms with Crippen molar-refractivity contribution in [2.75, 3.05) is 7.11 Å². The summed E-state index contributed by atoms with van der Waals surface area (Å²) in [7, 11) is 1.73. The number of methoxy groups -OCH3 is 1. The van der Waals surface area contributed by atoms with Crippen molar-refractivity contribution in [2.24, 2.45) is 5.92 Å². The summed E-state index contributed by atoms with van der Waals surface area (Å²) < 4.78 is 8.79. The third-order valence-electron chi connectivity index (χ3n) is 4.84. The molecule has 120 valence electrons. The minimum absolute atomic E-state index is 0.409. The summed E-state index contributed by atoms with van der Waals surface area (Å²) in [6, 6.07) is 0. The lowest BCUT2D eigenvalue weighted by Gasteiger charge is -2.42. The van der Waals surface area contributed by atoms with Crippen LogP contribution >= 0.6 is 15.9 Å². The van der Waals surface area contributed by atoms with Gasteiger partial charge in [0, 0.05) is 20.1 Å². The van der Waals surface area contributed by atoms with Crippen LogP contribution in [0.5, 0.6) is 0 Å². The first-order valence-corrected chi connectivity index (χ1v) is 8.67. The second-order valence-electron chi connectivity index (χ2n) is 6.35. The average Bonchev–Trinajstić information content (AvgIpc) is 2.74. The van der Waals surface area contributed by atoms with Gasteiger partial charge < -0.3 is 9.84 Å². The van der Waals surface area contributed by atoms with Crippen LogP contribution in [0.15, 0.2) is 4.47 Å². The van der Waals surface area contributed by atoms with Gasteiger partial charge in [-0.25, -0.2) is 0 Å². The number of aromatic nitrogens is 2. The second kappa shape index (κ2) is 6.80. The van der Waals surface area contributed by atoms with Crippen LogP contribution in [-0.4, -0.2) is 33.7 Å². The zero-order valence-corrected chi connectivity index (χ0v) is 15.1.